The Bertz CT molecular complexity index is 1350. The Balaban J connectivity index is 1.32. The number of carbonyl (C=O) groups is 2. The number of halogens is 1. The van der Waals surface area contributed by atoms with Crippen LogP contribution in [0.2, 0.25) is 5.15 Å². The maximum atomic E-state index is 13.0. The zero-order valence-electron chi connectivity index (χ0n) is 19.9. The van der Waals surface area contributed by atoms with Gasteiger partial charge in [0.2, 0.25) is 5.91 Å². The fraction of sp³-hybridized carbons (Fsp3) is 0.269. The highest BCUT2D eigenvalue weighted by Crippen LogP contribution is 2.42. The first-order chi connectivity index (χ1) is 17.2. The van der Waals surface area contributed by atoms with Crippen LogP contribution in [0.25, 0.3) is 0 Å². The molecule has 0 radical (unpaired) electrons. The van der Waals surface area contributed by atoms with Crippen LogP contribution in [0.1, 0.15) is 48.7 Å². The average Bonchev–Trinajstić information content (AvgIpc) is 3.17. The molecule has 0 bridgehead atoms. The van der Waals surface area contributed by atoms with Gasteiger partial charge in [0.15, 0.2) is 0 Å². The van der Waals surface area contributed by atoms with E-state index in [1.54, 1.807) is 24.3 Å². The number of carbonyl (C=O) groups excluding carboxylic acids is 2. The smallest absolute Gasteiger partial charge is 0.413 e. The Morgan fingerprint density at radius 2 is 1.83 bits per heavy atom. The number of rotatable bonds is 6. The van der Waals surface area contributed by atoms with E-state index in [0.29, 0.717) is 17.7 Å². The number of fused-ring (bicyclic) bond motifs is 1. The summed E-state index contributed by atoms with van der Waals surface area (Å²) in [4.78, 5) is 41.3. The van der Waals surface area contributed by atoms with Crippen LogP contribution in [0.15, 0.2) is 65.6 Å². The highest BCUT2D eigenvalue weighted by molar-refractivity contribution is 6.30. The maximum Gasteiger partial charge on any atom is 0.413 e. The molecule has 2 aromatic carbocycles. The van der Waals surface area contributed by atoms with E-state index in [4.69, 9.17) is 21.7 Å². The molecule has 1 aliphatic rings. The minimum absolute atomic E-state index is 0.0988. The SMILES string of the molecule is CC1(C)C[C@@H](C(=O)NCc2ccc(C(=N)NC(=O)OCc3ccccc3)cc2)n2c1c(Cl)ncc2=O. The number of nitrogens with one attached hydrogen (secondary N) is 3. The number of aromatic nitrogens is 2. The highest BCUT2D eigenvalue weighted by atomic mass is 35.5. The number of amidine groups is 1. The number of benzene rings is 2. The summed E-state index contributed by atoms with van der Waals surface area (Å²) >= 11 is 6.23. The minimum atomic E-state index is -0.717. The van der Waals surface area contributed by atoms with Crippen molar-refractivity contribution in [3.05, 3.63) is 98.7 Å². The molecule has 3 aromatic rings. The summed E-state index contributed by atoms with van der Waals surface area (Å²) in [6, 6.07) is 15.4. The molecule has 2 heterocycles. The fourth-order valence-corrected chi connectivity index (χ4v) is 4.67. The van der Waals surface area contributed by atoms with Gasteiger partial charge in [-0.15, -0.1) is 0 Å². The second-order valence-corrected chi connectivity index (χ2v) is 9.54. The molecule has 1 atom stereocenters. The Labute approximate surface area is 213 Å². The lowest BCUT2D eigenvalue weighted by Crippen LogP contribution is -2.35. The van der Waals surface area contributed by atoms with Gasteiger partial charge in [0.05, 0.1) is 11.9 Å². The Morgan fingerprint density at radius 3 is 2.53 bits per heavy atom. The zero-order valence-corrected chi connectivity index (χ0v) is 20.6. The Morgan fingerprint density at radius 1 is 1.14 bits per heavy atom. The lowest BCUT2D eigenvalue weighted by molar-refractivity contribution is -0.124. The predicted molar refractivity (Wildman–Crippen MR) is 135 cm³/mol. The van der Waals surface area contributed by atoms with Gasteiger partial charge >= 0.3 is 6.09 Å². The van der Waals surface area contributed by atoms with Crippen molar-refractivity contribution in [3.8, 4) is 0 Å². The molecule has 1 aliphatic heterocycles. The van der Waals surface area contributed by atoms with E-state index in [0.717, 1.165) is 17.3 Å². The van der Waals surface area contributed by atoms with Crippen LogP contribution >= 0.6 is 11.6 Å². The topological polar surface area (TPSA) is 126 Å². The van der Waals surface area contributed by atoms with Crippen molar-refractivity contribution < 1.29 is 14.3 Å². The van der Waals surface area contributed by atoms with Crippen LogP contribution in [-0.4, -0.2) is 27.4 Å². The van der Waals surface area contributed by atoms with Gasteiger partial charge in [0, 0.05) is 17.5 Å². The molecule has 1 aromatic heterocycles. The van der Waals surface area contributed by atoms with Crippen molar-refractivity contribution in [2.75, 3.05) is 0 Å². The maximum absolute atomic E-state index is 13.0. The third-order valence-corrected chi connectivity index (χ3v) is 6.35. The molecule has 0 saturated carbocycles. The molecular weight excluding hydrogens is 482 g/mol. The summed E-state index contributed by atoms with van der Waals surface area (Å²) in [7, 11) is 0. The molecule has 4 rings (SSSR count). The molecule has 36 heavy (non-hydrogen) atoms. The summed E-state index contributed by atoms with van der Waals surface area (Å²) in [6.07, 6.45) is 0.847. The lowest BCUT2D eigenvalue weighted by atomic mass is 9.87. The van der Waals surface area contributed by atoms with Crippen molar-refractivity contribution in [1.82, 2.24) is 20.2 Å². The van der Waals surface area contributed by atoms with Crippen molar-refractivity contribution in [1.29, 1.82) is 5.41 Å². The van der Waals surface area contributed by atoms with Crippen molar-refractivity contribution >= 4 is 29.4 Å². The number of amides is 2. The van der Waals surface area contributed by atoms with Gasteiger partial charge in [0.25, 0.3) is 5.56 Å². The van der Waals surface area contributed by atoms with Gasteiger partial charge in [-0.2, -0.15) is 0 Å². The van der Waals surface area contributed by atoms with E-state index in [9.17, 15) is 14.4 Å². The van der Waals surface area contributed by atoms with Crippen LogP contribution in [0, 0.1) is 5.41 Å². The third-order valence-electron chi connectivity index (χ3n) is 6.07. The monoisotopic (exact) mass is 507 g/mol. The van der Waals surface area contributed by atoms with E-state index >= 15 is 0 Å². The molecule has 0 saturated heterocycles. The first-order valence-corrected chi connectivity index (χ1v) is 11.7. The number of hydrogen-bond donors (Lipinski definition) is 3. The van der Waals surface area contributed by atoms with E-state index in [1.165, 1.54) is 4.57 Å². The summed E-state index contributed by atoms with van der Waals surface area (Å²) < 4.78 is 6.57. The fourth-order valence-electron chi connectivity index (χ4n) is 4.27. The zero-order chi connectivity index (χ0) is 25.9. The van der Waals surface area contributed by atoms with Gasteiger partial charge in [-0.3, -0.25) is 24.9 Å². The molecule has 0 aliphatic carbocycles. The lowest BCUT2D eigenvalue weighted by Gasteiger charge is -2.17. The van der Waals surface area contributed by atoms with E-state index < -0.39 is 17.6 Å². The first kappa shape index (κ1) is 25.1. The minimum Gasteiger partial charge on any atom is -0.444 e. The standard InChI is InChI=1S/C26H26ClN5O4/c1-26(2)12-19(32-20(33)14-29-22(27)21(26)32)24(34)30-13-16-8-10-18(11-9-16)23(28)31-25(35)36-15-17-6-4-3-5-7-17/h3-11,14,19H,12-13,15H2,1-2H3,(H,30,34)(H2,28,31,35)/t19-/m0/s1. The summed E-state index contributed by atoms with van der Waals surface area (Å²) in [5.74, 6) is -0.385. The molecule has 0 spiro atoms. The average molecular weight is 508 g/mol. The van der Waals surface area contributed by atoms with Gasteiger partial charge in [0.1, 0.15) is 23.6 Å². The second kappa shape index (κ2) is 10.3. The van der Waals surface area contributed by atoms with Crippen LogP contribution < -0.4 is 16.2 Å². The van der Waals surface area contributed by atoms with E-state index in [-0.39, 0.29) is 35.6 Å². The van der Waals surface area contributed by atoms with Crippen molar-refractivity contribution in [2.45, 2.75) is 44.9 Å². The van der Waals surface area contributed by atoms with Crippen molar-refractivity contribution in [2.24, 2.45) is 0 Å². The van der Waals surface area contributed by atoms with Crippen LogP contribution in [0.3, 0.4) is 0 Å². The quantitative estimate of drug-likeness (QED) is 0.346. The van der Waals surface area contributed by atoms with Gasteiger partial charge in [-0.05, 0) is 17.5 Å². The van der Waals surface area contributed by atoms with Gasteiger partial charge < -0.3 is 10.1 Å². The second-order valence-electron chi connectivity index (χ2n) is 9.19. The largest absolute Gasteiger partial charge is 0.444 e. The molecule has 0 unspecified atom stereocenters. The normalized spacial score (nSPS) is 15.6. The molecule has 9 nitrogen and oxygen atoms in total. The summed E-state index contributed by atoms with van der Waals surface area (Å²) in [5.41, 5.74) is 1.86. The van der Waals surface area contributed by atoms with Crippen molar-refractivity contribution in [3.63, 3.8) is 0 Å². The third kappa shape index (κ3) is 5.46. The molecule has 186 valence electrons. The molecule has 2 amide bonds. The highest BCUT2D eigenvalue weighted by Gasteiger charge is 2.43. The predicted octanol–water partition coefficient (Wildman–Crippen LogP) is 3.69. The number of ether oxygens (including phenoxy) is 1. The molecule has 0 fully saturated rings. The number of alkyl carbamates (subject to hydrolysis) is 1. The molecule has 10 heteroatoms. The Hall–Kier alpha value is -3.98. The van der Waals surface area contributed by atoms with Gasteiger partial charge in [-0.25, -0.2) is 9.78 Å². The number of nitrogens with zero attached hydrogens (tertiary/aromatic N) is 2. The Kier molecular flexibility index (Phi) is 7.21. The van der Waals surface area contributed by atoms with E-state index in [2.05, 4.69) is 15.6 Å². The molecule has 3 N–H and O–H groups in total. The molecular formula is C26H26ClN5O4. The van der Waals surface area contributed by atoms with Gasteiger partial charge in [-0.1, -0.05) is 80.0 Å². The van der Waals surface area contributed by atoms with Crippen LogP contribution in [0.5, 0.6) is 0 Å². The first-order valence-electron chi connectivity index (χ1n) is 11.4. The number of hydrogen-bond acceptors (Lipinski definition) is 6. The summed E-state index contributed by atoms with van der Waals surface area (Å²) in [5, 5.41) is 13.6. The van der Waals surface area contributed by atoms with E-state index in [1.807, 2.05) is 44.2 Å². The summed E-state index contributed by atoms with van der Waals surface area (Å²) in [6.45, 7) is 4.20. The van der Waals surface area contributed by atoms with Crippen LogP contribution in [0.4, 0.5) is 4.79 Å². The van der Waals surface area contributed by atoms with Crippen LogP contribution in [-0.2, 0) is 28.1 Å².